The first kappa shape index (κ1) is 17.8. The lowest BCUT2D eigenvalue weighted by Gasteiger charge is -2.15. The zero-order valence-corrected chi connectivity index (χ0v) is 14.3. The molecule has 0 radical (unpaired) electrons. The van der Waals surface area contributed by atoms with E-state index >= 15 is 0 Å². The SMILES string of the molecule is C[C@@H](C1CC1)n1nccc1NC(=O)CSc1ccc(C(F)(F)F)cn1. The molecule has 0 bridgehead atoms. The van der Waals surface area contributed by atoms with E-state index in [1.807, 2.05) is 0 Å². The summed E-state index contributed by atoms with van der Waals surface area (Å²) >= 11 is 1.08. The number of nitrogens with zero attached hydrogens (tertiary/aromatic N) is 3. The van der Waals surface area contributed by atoms with Crippen LogP contribution in [0.25, 0.3) is 0 Å². The summed E-state index contributed by atoms with van der Waals surface area (Å²) in [6, 6.07) is 4.19. The largest absolute Gasteiger partial charge is 0.417 e. The number of anilines is 1. The fraction of sp³-hybridized carbons (Fsp3) is 0.438. The molecule has 1 aliphatic carbocycles. The zero-order valence-electron chi connectivity index (χ0n) is 13.5. The Morgan fingerprint density at radius 2 is 2.16 bits per heavy atom. The van der Waals surface area contributed by atoms with Gasteiger partial charge in [0.15, 0.2) is 0 Å². The number of carbonyl (C=O) groups excluding carboxylic acids is 1. The molecule has 1 aliphatic rings. The van der Waals surface area contributed by atoms with Crippen molar-refractivity contribution in [3.05, 3.63) is 36.2 Å². The van der Waals surface area contributed by atoms with Crippen molar-refractivity contribution in [2.75, 3.05) is 11.1 Å². The molecule has 0 unspecified atom stereocenters. The van der Waals surface area contributed by atoms with Crippen LogP contribution in [-0.2, 0) is 11.0 Å². The molecule has 2 aromatic heterocycles. The van der Waals surface area contributed by atoms with Gasteiger partial charge in [-0.25, -0.2) is 9.67 Å². The highest BCUT2D eigenvalue weighted by Crippen LogP contribution is 2.40. The number of rotatable bonds is 6. The van der Waals surface area contributed by atoms with Gasteiger partial charge < -0.3 is 5.32 Å². The first-order chi connectivity index (χ1) is 11.8. The summed E-state index contributed by atoms with van der Waals surface area (Å²) in [5.41, 5.74) is -0.806. The number of hydrogen-bond donors (Lipinski definition) is 1. The fourth-order valence-corrected chi connectivity index (χ4v) is 3.11. The van der Waals surface area contributed by atoms with E-state index < -0.39 is 11.7 Å². The number of amides is 1. The zero-order chi connectivity index (χ0) is 18.0. The molecule has 1 saturated carbocycles. The van der Waals surface area contributed by atoms with E-state index in [4.69, 9.17) is 0 Å². The van der Waals surface area contributed by atoms with Gasteiger partial charge in [0.1, 0.15) is 5.82 Å². The lowest BCUT2D eigenvalue weighted by Crippen LogP contribution is -2.19. The summed E-state index contributed by atoms with van der Waals surface area (Å²) in [7, 11) is 0. The monoisotopic (exact) mass is 370 g/mol. The summed E-state index contributed by atoms with van der Waals surface area (Å²) in [6.45, 7) is 2.07. The molecule has 0 aromatic carbocycles. The Hall–Kier alpha value is -2.03. The van der Waals surface area contributed by atoms with Crippen molar-refractivity contribution < 1.29 is 18.0 Å². The van der Waals surface area contributed by atoms with Crippen molar-refractivity contribution in [1.29, 1.82) is 0 Å². The maximum absolute atomic E-state index is 12.5. The van der Waals surface area contributed by atoms with E-state index in [0.29, 0.717) is 16.8 Å². The van der Waals surface area contributed by atoms with Gasteiger partial charge in [-0.2, -0.15) is 18.3 Å². The van der Waals surface area contributed by atoms with E-state index in [9.17, 15) is 18.0 Å². The molecule has 1 atom stereocenters. The van der Waals surface area contributed by atoms with Crippen molar-refractivity contribution >= 4 is 23.5 Å². The average molecular weight is 370 g/mol. The molecule has 9 heteroatoms. The van der Waals surface area contributed by atoms with Crippen LogP contribution < -0.4 is 5.32 Å². The molecule has 134 valence electrons. The first-order valence-electron chi connectivity index (χ1n) is 7.84. The summed E-state index contributed by atoms with van der Waals surface area (Å²) < 4.78 is 39.3. The minimum Gasteiger partial charge on any atom is -0.310 e. The number of pyridine rings is 1. The summed E-state index contributed by atoms with van der Waals surface area (Å²) in [6.07, 6.45) is 0.337. The molecule has 3 rings (SSSR count). The van der Waals surface area contributed by atoms with Crippen molar-refractivity contribution in [3.63, 3.8) is 0 Å². The molecule has 1 fully saturated rings. The predicted octanol–water partition coefficient (Wildman–Crippen LogP) is 4.00. The summed E-state index contributed by atoms with van der Waals surface area (Å²) in [5.74, 6) is 1.03. The van der Waals surface area contributed by atoms with Crippen molar-refractivity contribution in [1.82, 2.24) is 14.8 Å². The van der Waals surface area contributed by atoms with Crippen LogP contribution >= 0.6 is 11.8 Å². The number of hydrogen-bond acceptors (Lipinski definition) is 4. The van der Waals surface area contributed by atoms with Gasteiger partial charge in [0.2, 0.25) is 5.91 Å². The smallest absolute Gasteiger partial charge is 0.310 e. The van der Waals surface area contributed by atoms with Gasteiger partial charge in [-0.05, 0) is 37.8 Å². The number of halogens is 3. The summed E-state index contributed by atoms with van der Waals surface area (Å²) in [4.78, 5) is 15.8. The molecule has 0 aliphatic heterocycles. The van der Waals surface area contributed by atoms with Crippen LogP contribution in [-0.4, -0.2) is 26.4 Å². The number of thioether (sulfide) groups is 1. The molecule has 1 N–H and O–H groups in total. The molecule has 2 aromatic rings. The maximum Gasteiger partial charge on any atom is 0.417 e. The Balaban J connectivity index is 1.54. The van der Waals surface area contributed by atoms with E-state index in [0.717, 1.165) is 24.0 Å². The third-order valence-corrected chi connectivity index (χ3v) is 4.99. The number of aromatic nitrogens is 3. The predicted molar refractivity (Wildman–Crippen MR) is 88.3 cm³/mol. The van der Waals surface area contributed by atoms with Crippen LogP contribution in [0.4, 0.5) is 19.0 Å². The van der Waals surface area contributed by atoms with E-state index in [-0.39, 0.29) is 17.7 Å². The van der Waals surface area contributed by atoms with Gasteiger partial charge in [0.05, 0.1) is 28.6 Å². The lowest BCUT2D eigenvalue weighted by molar-refractivity contribution is -0.137. The highest BCUT2D eigenvalue weighted by atomic mass is 32.2. The topological polar surface area (TPSA) is 59.8 Å². The fourth-order valence-electron chi connectivity index (χ4n) is 2.47. The standard InChI is InChI=1S/C16H17F3N4OS/c1-10(11-2-3-11)23-13(6-7-21-23)22-14(24)9-25-15-5-4-12(8-20-15)16(17,18)19/h4-8,10-11H,2-3,9H2,1H3,(H,22,24)/t10-/m0/s1. The molecular formula is C16H17F3N4OS. The Labute approximate surface area is 147 Å². The molecular weight excluding hydrogens is 353 g/mol. The third-order valence-electron chi connectivity index (χ3n) is 4.04. The van der Waals surface area contributed by atoms with Crippen molar-refractivity contribution in [2.45, 2.75) is 37.0 Å². The van der Waals surface area contributed by atoms with Crippen LogP contribution in [0.3, 0.4) is 0 Å². The van der Waals surface area contributed by atoms with Gasteiger partial charge in [-0.3, -0.25) is 4.79 Å². The van der Waals surface area contributed by atoms with Crippen LogP contribution in [0.5, 0.6) is 0 Å². The van der Waals surface area contributed by atoms with Gasteiger partial charge in [-0.1, -0.05) is 11.8 Å². The second-order valence-corrected chi connectivity index (χ2v) is 6.95. The molecule has 1 amide bonds. The molecule has 0 saturated heterocycles. The van der Waals surface area contributed by atoms with Gasteiger partial charge >= 0.3 is 6.18 Å². The average Bonchev–Trinajstić information content (AvgIpc) is 3.32. The Bertz CT molecular complexity index is 741. The third kappa shape index (κ3) is 4.53. The summed E-state index contributed by atoms with van der Waals surface area (Å²) in [5, 5.41) is 7.41. The molecule has 2 heterocycles. The minimum atomic E-state index is -4.41. The van der Waals surface area contributed by atoms with Crippen LogP contribution in [0.1, 0.15) is 31.4 Å². The first-order valence-corrected chi connectivity index (χ1v) is 8.82. The van der Waals surface area contributed by atoms with Gasteiger partial charge in [-0.15, -0.1) is 0 Å². The molecule has 25 heavy (non-hydrogen) atoms. The number of alkyl halides is 3. The number of carbonyl (C=O) groups is 1. The second-order valence-electron chi connectivity index (χ2n) is 5.96. The second kappa shape index (κ2) is 7.07. The quantitative estimate of drug-likeness (QED) is 0.781. The van der Waals surface area contributed by atoms with E-state index in [1.165, 1.54) is 18.9 Å². The minimum absolute atomic E-state index is 0.0569. The van der Waals surface area contributed by atoms with E-state index in [1.54, 1.807) is 16.9 Å². The Morgan fingerprint density at radius 3 is 2.76 bits per heavy atom. The normalized spacial score (nSPS) is 15.8. The molecule has 5 nitrogen and oxygen atoms in total. The number of nitrogens with one attached hydrogen (secondary N) is 1. The van der Waals surface area contributed by atoms with Crippen LogP contribution in [0, 0.1) is 5.92 Å². The van der Waals surface area contributed by atoms with Crippen molar-refractivity contribution in [3.8, 4) is 0 Å². The Morgan fingerprint density at radius 1 is 1.40 bits per heavy atom. The van der Waals surface area contributed by atoms with Crippen molar-refractivity contribution in [2.24, 2.45) is 5.92 Å². The van der Waals surface area contributed by atoms with Crippen LogP contribution in [0.15, 0.2) is 35.6 Å². The van der Waals surface area contributed by atoms with Gasteiger partial charge in [0, 0.05) is 12.3 Å². The van der Waals surface area contributed by atoms with Gasteiger partial charge in [0.25, 0.3) is 0 Å². The highest BCUT2D eigenvalue weighted by molar-refractivity contribution is 7.99. The van der Waals surface area contributed by atoms with E-state index in [2.05, 4.69) is 22.3 Å². The lowest BCUT2D eigenvalue weighted by atomic mass is 10.2. The van der Waals surface area contributed by atoms with Crippen LogP contribution in [0.2, 0.25) is 0 Å². The Kier molecular flexibility index (Phi) is 5.03. The highest BCUT2D eigenvalue weighted by Gasteiger charge is 2.31. The maximum atomic E-state index is 12.5. The molecule has 0 spiro atoms.